The monoisotopic (exact) mass is 243 g/mol. The Morgan fingerprint density at radius 3 is 2.75 bits per heavy atom. The molecular weight excluding hydrogens is 230 g/mol. The second-order valence-corrected chi connectivity index (χ2v) is 5.91. The quantitative estimate of drug-likeness (QED) is 0.478. The Bertz CT molecular complexity index is 475. The second kappa shape index (κ2) is 4.22. The average Bonchev–Trinajstić information content (AvgIpc) is 2.58. The van der Waals surface area contributed by atoms with Crippen LogP contribution in [0.2, 0.25) is 0 Å². The average molecular weight is 243 g/mol. The first kappa shape index (κ1) is 11.1. The highest BCUT2D eigenvalue weighted by Gasteiger charge is 2.27. The van der Waals surface area contributed by atoms with Gasteiger partial charge in [0.15, 0.2) is 9.84 Å². The number of aromatic nitrogens is 2. The summed E-state index contributed by atoms with van der Waals surface area (Å²) in [5, 5.41) is 3.05. The highest BCUT2D eigenvalue weighted by atomic mass is 32.2. The molecule has 0 saturated carbocycles. The van der Waals surface area contributed by atoms with Crippen molar-refractivity contribution in [1.82, 2.24) is 9.97 Å². The zero-order valence-electron chi connectivity index (χ0n) is 8.55. The summed E-state index contributed by atoms with van der Waals surface area (Å²) < 4.78 is 22.5. The number of nitrogens with two attached hydrogens (primary N) is 1. The molecule has 0 spiro atoms. The SMILES string of the molecule is NNc1cc(NC2CCS(=O)(=O)C2)ncn1. The molecule has 88 valence electrons. The molecule has 7 nitrogen and oxygen atoms in total. The van der Waals surface area contributed by atoms with E-state index in [1.54, 1.807) is 6.07 Å². The van der Waals surface area contributed by atoms with E-state index in [1.165, 1.54) is 6.33 Å². The predicted molar refractivity (Wildman–Crippen MR) is 60.5 cm³/mol. The Morgan fingerprint density at radius 2 is 2.12 bits per heavy atom. The summed E-state index contributed by atoms with van der Waals surface area (Å²) in [7, 11) is -2.88. The Balaban J connectivity index is 2.04. The third kappa shape index (κ3) is 2.58. The molecular formula is C8H13N5O2S. The lowest BCUT2D eigenvalue weighted by atomic mass is 10.2. The molecule has 1 aliphatic heterocycles. The molecule has 1 unspecified atom stereocenters. The van der Waals surface area contributed by atoms with Crippen molar-refractivity contribution in [2.45, 2.75) is 12.5 Å². The van der Waals surface area contributed by atoms with Crippen molar-refractivity contribution in [1.29, 1.82) is 0 Å². The molecule has 2 heterocycles. The fourth-order valence-electron chi connectivity index (χ4n) is 1.63. The summed E-state index contributed by atoms with van der Waals surface area (Å²) in [5.41, 5.74) is 2.40. The van der Waals surface area contributed by atoms with Crippen molar-refractivity contribution < 1.29 is 8.42 Å². The first-order valence-corrected chi connectivity index (χ1v) is 6.67. The molecule has 1 saturated heterocycles. The lowest BCUT2D eigenvalue weighted by molar-refractivity contribution is 0.602. The Kier molecular flexibility index (Phi) is 2.92. The van der Waals surface area contributed by atoms with Crippen LogP contribution in [0.5, 0.6) is 0 Å². The van der Waals surface area contributed by atoms with Gasteiger partial charge in [0.25, 0.3) is 0 Å². The van der Waals surface area contributed by atoms with Gasteiger partial charge >= 0.3 is 0 Å². The number of anilines is 2. The first-order valence-electron chi connectivity index (χ1n) is 4.85. The normalized spacial score (nSPS) is 22.9. The van der Waals surface area contributed by atoms with Gasteiger partial charge in [-0.05, 0) is 6.42 Å². The number of rotatable bonds is 3. The fourth-order valence-corrected chi connectivity index (χ4v) is 3.31. The summed E-state index contributed by atoms with van der Waals surface area (Å²) in [4.78, 5) is 7.84. The van der Waals surface area contributed by atoms with E-state index in [0.717, 1.165) is 0 Å². The number of nitrogens with zero attached hydrogens (tertiary/aromatic N) is 2. The van der Waals surface area contributed by atoms with Crippen LogP contribution >= 0.6 is 0 Å². The van der Waals surface area contributed by atoms with Crippen molar-refractivity contribution in [2.75, 3.05) is 22.2 Å². The summed E-state index contributed by atoms with van der Waals surface area (Å²) in [6, 6.07) is 1.55. The van der Waals surface area contributed by atoms with E-state index >= 15 is 0 Å². The molecule has 1 aromatic rings. The van der Waals surface area contributed by atoms with Crippen molar-refractivity contribution >= 4 is 21.5 Å². The Labute approximate surface area is 93.4 Å². The van der Waals surface area contributed by atoms with Crippen LogP contribution in [-0.2, 0) is 9.84 Å². The molecule has 0 radical (unpaired) electrons. The van der Waals surface area contributed by atoms with Gasteiger partial charge in [0, 0.05) is 12.1 Å². The highest BCUT2D eigenvalue weighted by molar-refractivity contribution is 7.91. The topological polar surface area (TPSA) is 110 Å². The summed E-state index contributed by atoms with van der Waals surface area (Å²) in [6.45, 7) is 0. The van der Waals surface area contributed by atoms with Crippen LogP contribution in [0, 0.1) is 0 Å². The minimum absolute atomic E-state index is 0.0782. The van der Waals surface area contributed by atoms with E-state index in [0.29, 0.717) is 18.1 Å². The molecule has 2 rings (SSSR count). The molecule has 0 aromatic carbocycles. The third-order valence-corrected chi connectivity index (χ3v) is 4.17. The van der Waals surface area contributed by atoms with E-state index < -0.39 is 9.84 Å². The first-order chi connectivity index (χ1) is 7.59. The Morgan fingerprint density at radius 1 is 1.38 bits per heavy atom. The molecule has 1 aliphatic rings. The molecule has 8 heteroatoms. The van der Waals surface area contributed by atoms with Crippen LogP contribution in [0.4, 0.5) is 11.6 Å². The molecule has 1 fully saturated rings. The van der Waals surface area contributed by atoms with Crippen molar-refractivity contribution in [3.8, 4) is 0 Å². The van der Waals surface area contributed by atoms with Crippen molar-refractivity contribution in [2.24, 2.45) is 5.84 Å². The van der Waals surface area contributed by atoms with Crippen LogP contribution in [0.25, 0.3) is 0 Å². The van der Waals surface area contributed by atoms with Gasteiger partial charge in [-0.25, -0.2) is 24.2 Å². The molecule has 16 heavy (non-hydrogen) atoms. The summed E-state index contributed by atoms with van der Waals surface area (Å²) in [6.07, 6.45) is 1.97. The van der Waals surface area contributed by atoms with E-state index in [2.05, 4.69) is 20.7 Å². The van der Waals surface area contributed by atoms with Crippen LogP contribution < -0.4 is 16.6 Å². The molecule has 1 aromatic heterocycles. The standard InChI is InChI=1S/C8H13N5O2S/c9-13-8-3-7(10-5-11-8)12-6-1-2-16(14,15)4-6/h3,5-6H,1-2,4,9H2,(H2,10,11,12,13). The largest absolute Gasteiger partial charge is 0.366 e. The molecule has 0 amide bonds. The minimum Gasteiger partial charge on any atom is -0.366 e. The van der Waals surface area contributed by atoms with E-state index in [-0.39, 0.29) is 17.5 Å². The maximum atomic E-state index is 11.2. The zero-order valence-corrected chi connectivity index (χ0v) is 9.37. The van der Waals surface area contributed by atoms with Crippen LogP contribution in [0.3, 0.4) is 0 Å². The third-order valence-electron chi connectivity index (χ3n) is 2.40. The van der Waals surface area contributed by atoms with E-state index in [4.69, 9.17) is 5.84 Å². The molecule has 0 aliphatic carbocycles. The van der Waals surface area contributed by atoms with Gasteiger partial charge in [0.1, 0.15) is 18.0 Å². The highest BCUT2D eigenvalue weighted by Crippen LogP contribution is 2.16. The number of sulfone groups is 1. The summed E-state index contributed by atoms with van der Waals surface area (Å²) in [5.74, 6) is 6.65. The zero-order chi connectivity index (χ0) is 11.6. The molecule has 4 N–H and O–H groups in total. The number of hydrogen-bond donors (Lipinski definition) is 3. The lowest BCUT2D eigenvalue weighted by Crippen LogP contribution is -2.21. The molecule has 1 atom stereocenters. The van der Waals surface area contributed by atoms with E-state index in [9.17, 15) is 8.42 Å². The van der Waals surface area contributed by atoms with E-state index in [1.807, 2.05) is 0 Å². The second-order valence-electron chi connectivity index (χ2n) is 3.68. The van der Waals surface area contributed by atoms with Gasteiger partial charge in [-0.15, -0.1) is 0 Å². The number of nitrogen functional groups attached to an aromatic ring is 1. The van der Waals surface area contributed by atoms with Gasteiger partial charge in [-0.2, -0.15) is 0 Å². The molecule has 0 bridgehead atoms. The van der Waals surface area contributed by atoms with Gasteiger partial charge in [-0.3, -0.25) is 0 Å². The maximum absolute atomic E-state index is 11.2. The Hall–Kier alpha value is -1.41. The lowest BCUT2D eigenvalue weighted by Gasteiger charge is -2.11. The summed E-state index contributed by atoms with van der Waals surface area (Å²) >= 11 is 0. The van der Waals surface area contributed by atoms with Crippen LogP contribution in [0.1, 0.15) is 6.42 Å². The van der Waals surface area contributed by atoms with Gasteiger partial charge in [0.05, 0.1) is 11.5 Å². The minimum atomic E-state index is -2.88. The fraction of sp³-hybridized carbons (Fsp3) is 0.500. The van der Waals surface area contributed by atoms with Crippen molar-refractivity contribution in [3.63, 3.8) is 0 Å². The van der Waals surface area contributed by atoms with Crippen LogP contribution in [-0.4, -0.2) is 35.9 Å². The number of nitrogens with one attached hydrogen (secondary N) is 2. The van der Waals surface area contributed by atoms with Crippen LogP contribution in [0.15, 0.2) is 12.4 Å². The maximum Gasteiger partial charge on any atom is 0.152 e. The van der Waals surface area contributed by atoms with Gasteiger partial charge < -0.3 is 10.7 Å². The number of hydrogen-bond acceptors (Lipinski definition) is 7. The smallest absolute Gasteiger partial charge is 0.152 e. The van der Waals surface area contributed by atoms with Gasteiger partial charge in [0.2, 0.25) is 0 Å². The van der Waals surface area contributed by atoms with Crippen molar-refractivity contribution in [3.05, 3.63) is 12.4 Å². The van der Waals surface area contributed by atoms with Gasteiger partial charge in [-0.1, -0.05) is 0 Å². The predicted octanol–water partition coefficient (Wildman–Crippen LogP) is -0.639. The number of hydrazine groups is 1.